The molecule has 0 atom stereocenters. The molecule has 0 aliphatic carbocycles. The summed E-state index contributed by atoms with van der Waals surface area (Å²) in [6, 6.07) is 0. The predicted molar refractivity (Wildman–Crippen MR) is 33.6 cm³/mol. The van der Waals surface area contributed by atoms with Crippen molar-refractivity contribution in [2.75, 3.05) is 19.6 Å². The Morgan fingerprint density at radius 2 is 2.33 bits per heavy atom. The molecule has 0 amide bonds. The third-order valence-corrected chi connectivity index (χ3v) is 1.74. The fourth-order valence-corrected chi connectivity index (χ4v) is 1.21. The van der Waals surface area contributed by atoms with E-state index in [-0.39, 0.29) is 0 Å². The maximum atomic E-state index is 5.15. The van der Waals surface area contributed by atoms with Gasteiger partial charge in [-0.2, -0.15) is 5.48 Å². The van der Waals surface area contributed by atoms with E-state index in [1.807, 2.05) is 0 Å². The van der Waals surface area contributed by atoms with Crippen molar-refractivity contribution >= 4 is 0 Å². The second kappa shape index (κ2) is 2.01. The third kappa shape index (κ3) is 0.821. The second-order valence-corrected chi connectivity index (χ2v) is 2.38. The number of hydrogen-bond acceptors (Lipinski definition) is 3. The summed E-state index contributed by atoms with van der Waals surface area (Å²) < 4.78 is 0. The Morgan fingerprint density at radius 1 is 1.33 bits per heavy atom. The van der Waals surface area contributed by atoms with E-state index in [9.17, 15) is 0 Å². The predicted octanol–water partition coefficient (Wildman–Crippen LogP) is -0.231. The van der Waals surface area contributed by atoms with Gasteiger partial charge < -0.3 is 10.2 Å². The molecule has 0 radical (unpaired) electrons. The van der Waals surface area contributed by atoms with Crippen LogP contribution in [0.2, 0.25) is 0 Å². The van der Waals surface area contributed by atoms with Gasteiger partial charge in [0, 0.05) is 25.1 Å². The molecule has 2 aliphatic heterocycles. The summed E-state index contributed by atoms with van der Waals surface area (Å²) in [6.45, 7) is 2.96. The van der Waals surface area contributed by atoms with Crippen LogP contribution in [0, 0.1) is 0 Å². The van der Waals surface area contributed by atoms with Crippen LogP contribution in [-0.2, 0) is 4.84 Å². The molecule has 2 heterocycles. The molecule has 50 valence electrons. The largest absolute Gasteiger partial charge is 0.413 e. The van der Waals surface area contributed by atoms with Gasteiger partial charge in [0.15, 0.2) is 0 Å². The minimum absolute atomic E-state index is 0.905. The summed E-state index contributed by atoms with van der Waals surface area (Å²) in [5.74, 6) is 1.16. The minimum Gasteiger partial charge on any atom is -0.413 e. The highest BCUT2D eigenvalue weighted by Crippen LogP contribution is 2.16. The van der Waals surface area contributed by atoms with Crippen molar-refractivity contribution in [3.8, 4) is 0 Å². The van der Waals surface area contributed by atoms with Crippen molar-refractivity contribution < 1.29 is 4.84 Å². The number of hydrogen-bond donors (Lipinski definition) is 2. The van der Waals surface area contributed by atoms with Gasteiger partial charge in [-0.15, -0.1) is 0 Å². The van der Waals surface area contributed by atoms with E-state index in [4.69, 9.17) is 4.84 Å². The molecule has 0 spiro atoms. The van der Waals surface area contributed by atoms with Gasteiger partial charge in [-0.05, 0) is 0 Å². The molecule has 2 N–H and O–H groups in total. The van der Waals surface area contributed by atoms with Crippen molar-refractivity contribution in [3.63, 3.8) is 0 Å². The van der Waals surface area contributed by atoms with Crippen LogP contribution in [0.3, 0.4) is 0 Å². The van der Waals surface area contributed by atoms with Crippen LogP contribution in [0.4, 0.5) is 0 Å². The lowest BCUT2D eigenvalue weighted by molar-refractivity contribution is 0.132. The van der Waals surface area contributed by atoms with Gasteiger partial charge in [0.2, 0.25) is 0 Å². The van der Waals surface area contributed by atoms with Crippen LogP contribution in [0.25, 0.3) is 0 Å². The Hall–Kier alpha value is -0.540. The highest BCUT2D eigenvalue weighted by Gasteiger charge is 2.18. The first-order chi connectivity index (χ1) is 4.47. The van der Waals surface area contributed by atoms with Gasteiger partial charge >= 0.3 is 0 Å². The van der Waals surface area contributed by atoms with E-state index in [1.54, 1.807) is 0 Å². The minimum atomic E-state index is 0.905. The molecule has 3 nitrogen and oxygen atoms in total. The molecule has 0 saturated carbocycles. The summed E-state index contributed by atoms with van der Waals surface area (Å²) in [7, 11) is 0. The van der Waals surface area contributed by atoms with Crippen molar-refractivity contribution in [2.45, 2.75) is 6.42 Å². The summed E-state index contributed by atoms with van der Waals surface area (Å²) in [5.41, 5.74) is 4.24. The fourth-order valence-electron chi connectivity index (χ4n) is 1.21. The normalized spacial score (nSPS) is 25.8. The molecule has 0 aromatic rings. The number of rotatable bonds is 0. The van der Waals surface area contributed by atoms with Gasteiger partial charge in [-0.3, -0.25) is 0 Å². The fraction of sp³-hybridized carbons (Fsp3) is 0.667. The lowest BCUT2D eigenvalue weighted by Crippen LogP contribution is -2.24. The Morgan fingerprint density at radius 3 is 3.22 bits per heavy atom. The molecule has 0 aromatic carbocycles. The van der Waals surface area contributed by atoms with Crippen molar-refractivity contribution in [2.24, 2.45) is 0 Å². The lowest BCUT2D eigenvalue weighted by atomic mass is 10.1. The Bertz CT molecular complexity index is 137. The van der Waals surface area contributed by atoms with Crippen LogP contribution in [0.15, 0.2) is 11.3 Å². The van der Waals surface area contributed by atoms with Crippen LogP contribution < -0.4 is 10.8 Å². The first kappa shape index (κ1) is 5.26. The van der Waals surface area contributed by atoms with Crippen molar-refractivity contribution in [1.82, 2.24) is 10.8 Å². The Kier molecular flexibility index (Phi) is 1.17. The molecule has 0 unspecified atom stereocenters. The van der Waals surface area contributed by atoms with Gasteiger partial charge in [-0.25, -0.2) is 0 Å². The van der Waals surface area contributed by atoms with Gasteiger partial charge in [-0.1, -0.05) is 0 Å². The zero-order chi connectivity index (χ0) is 6.10. The highest BCUT2D eigenvalue weighted by atomic mass is 16.7. The second-order valence-electron chi connectivity index (χ2n) is 2.38. The van der Waals surface area contributed by atoms with Crippen LogP contribution in [-0.4, -0.2) is 19.6 Å². The third-order valence-electron chi connectivity index (χ3n) is 1.74. The molecule has 9 heavy (non-hydrogen) atoms. The molecule has 0 saturated heterocycles. The highest BCUT2D eigenvalue weighted by molar-refractivity contribution is 5.17. The number of hydroxylamine groups is 1. The topological polar surface area (TPSA) is 33.3 Å². The van der Waals surface area contributed by atoms with Gasteiger partial charge in [0.25, 0.3) is 0 Å². The smallest absolute Gasteiger partial charge is 0.127 e. The molecule has 2 rings (SSSR count). The maximum Gasteiger partial charge on any atom is 0.127 e. The molecular weight excluding hydrogens is 116 g/mol. The standard InChI is InChI=1S/C6H10N2O/c1-2-7-3-5-4-8-9-6(1)5/h7-8H,1-4H2. The van der Waals surface area contributed by atoms with Gasteiger partial charge in [0.05, 0.1) is 6.54 Å². The molecular formula is C6H10N2O. The molecule has 0 fully saturated rings. The van der Waals surface area contributed by atoms with E-state index < -0.39 is 0 Å². The van der Waals surface area contributed by atoms with E-state index in [1.165, 1.54) is 5.57 Å². The Labute approximate surface area is 54.0 Å². The first-order valence-corrected chi connectivity index (χ1v) is 3.28. The van der Waals surface area contributed by atoms with E-state index >= 15 is 0 Å². The average molecular weight is 126 g/mol. The van der Waals surface area contributed by atoms with E-state index in [0.29, 0.717) is 0 Å². The molecule has 3 heteroatoms. The van der Waals surface area contributed by atoms with Gasteiger partial charge in [0.1, 0.15) is 5.76 Å². The van der Waals surface area contributed by atoms with Crippen molar-refractivity contribution in [1.29, 1.82) is 0 Å². The first-order valence-electron chi connectivity index (χ1n) is 3.28. The van der Waals surface area contributed by atoms with Crippen LogP contribution >= 0.6 is 0 Å². The van der Waals surface area contributed by atoms with Crippen molar-refractivity contribution in [3.05, 3.63) is 11.3 Å². The monoisotopic (exact) mass is 126 g/mol. The lowest BCUT2D eigenvalue weighted by Gasteiger charge is -2.11. The summed E-state index contributed by atoms with van der Waals surface area (Å²) in [6.07, 6.45) is 1.04. The zero-order valence-electron chi connectivity index (χ0n) is 5.24. The average Bonchev–Trinajstić information content (AvgIpc) is 2.33. The zero-order valence-corrected chi connectivity index (χ0v) is 5.24. The maximum absolute atomic E-state index is 5.15. The Balaban J connectivity index is 2.17. The summed E-state index contributed by atoms with van der Waals surface area (Å²) in [5, 5.41) is 3.28. The summed E-state index contributed by atoms with van der Waals surface area (Å²) in [4.78, 5) is 5.15. The number of nitrogens with one attached hydrogen (secondary N) is 2. The van der Waals surface area contributed by atoms with E-state index in [0.717, 1.165) is 31.8 Å². The quantitative estimate of drug-likeness (QED) is 0.470. The summed E-state index contributed by atoms with van der Waals surface area (Å²) >= 11 is 0. The SMILES string of the molecule is C1CC2=C(CN1)CNO2. The van der Waals surface area contributed by atoms with E-state index in [2.05, 4.69) is 10.8 Å². The molecule has 0 bridgehead atoms. The molecule has 2 aliphatic rings. The molecule has 0 aromatic heterocycles. The van der Waals surface area contributed by atoms with Crippen LogP contribution in [0.1, 0.15) is 6.42 Å². The van der Waals surface area contributed by atoms with Crippen LogP contribution in [0.5, 0.6) is 0 Å².